The summed E-state index contributed by atoms with van der Waals surface area (Å²) in [6.07, 6.45) is 0. The third-order valence-electron chi connectivity index (χ3n) is 2.92. The lowest BCUT2D eigenvalue weighted by Gasteiger charge is -2.19. The van der Waals surface area contributed by atoms with Crippen molar-refractivity contribution in [3.05, 3.63) is 15.9 Å². The van der Waals surface area contributed by atoms with Gasteiger partial charge in [0.05, 0.1) is 21.9 Å². The molecule has 1 unspecified atom stereocenters. The van der Waals surface area contributed by atoms with E-state index < -0.39 is 0 Å². The third kappa shape index (κ3) is 3.32. The van der Waals surface area contributed by atoms with Gasteiger partial charge in [-0.05, 0) is 35.7 Å². The topological polar surface area (TPSA) is 72.9 Å². The molecule has 1 aromatic rings. The summed E-state index contributed by atoms with van der Waals surface area (Å²) in [5, 5.41) is 7.61. The van der Waals surface area contributed by atoms with Crippen molar-refractivity contribution in [2.45, 2.75) is 46.8 Å². The Hall–Kier alpha value is -0.880. The predicted molar refractivity (Wildman–Crippen MR) is 75.0 cm³/mol. The van der Waals surface area contributed by atoms with Crippen LogP contribution in [0.15, 0.2) is 4.47 Å². The van der Waals surface area contributed by atoms with Gasteiger partial charge in [0.15, 0.2) is 0 Å². The van der Waals surface area contributed by atoms with E-state index in [1.165, 1.54) is 0 Å². The van der Waals surface area contributed by atoms with Crippen LogP contribution < -0.4 is 11.1 Å². The number of hydrogen-bond donors (Lipinski definition) is 2. The molecule has 0 fully saturated rings. The van der Waals surface area contributed by atoms with Crippen LogP contribution in [-0.2, 0) is 17.9 Å². The van der Waals surface area contributed by atoms with Crippen molar-refractivity contribution in [3.63, 3.8) is 0 Å². The molecule has 0 saturated heterocycles. The molecular weight excluding hydrogens is 296 g/mol. The average Bonchev–Trinajstić information content (AvgIpc) is 2.55. The first-order valence-electron chi connectivity index (χ1n) is 6.12. The molecule has 102 valence electrons. The standard InChI is InChI=1S/C12H21BrN4O/c1-5-17-9(10(13)8(4)16-17)6-15-11(7(2)3)12(14)18/h7,11,15H,5-6H2,1-4H3,(H2,14,18). The van der Waals surface area contributed by atoms with E-state index in [0.717, 1.165) is 22.4 Å². The van der Waals surface area contributed by atoms with E-state index in [9.17, 15) is 4.79 Å². The number of hydrogen-bond acceptors (Lipinski definition) is 3. The first-order valence-corrected chi connectivity index (χ1v) is 6.92. The Labute approximate surface area is 116 Å². The van der Waals surface area contributed by atoms with Gasteiger partial charge in [0.2, 0.25) is 5.91 Å². The number of primary amides is 1. The molecule has 0 radical (unpaired) electrons. The SMILES string of the molecule is CCn1nc(C)c(Br)c1CNC(C(N)=O)C(C)C. The number of carbonyl (C=O) groups excluding carboxylic acids is 1. The fourth-order valence-electron chi connectivity index (χ4n) is 1.91. The van der Waals surface area contributed by atoms with Crippen molar-refractivity contribution >= 4 is 21.8 Å². The molecule has 0 spiro atoms. The zero-order valence-corrected chi connectivity index (χ0v) is 12.9. The van der Waals surface area contributed by atoms with Crippen LogP contribution in [0.2, 0.25) is 0 Å². The second kappa shape index (κ2) is 6.33. The molecule has 6 heteroatoms. The summed E-state index contributed by atoms with van der Waals surface area (Å²) in [6, 6.07) is -0.322. The molecule has 1 atom stereocenters. The van der Waals surface area contributed by atoms with Crippen LogP contribution in [0.5, 0.6) is 0 Å². The lowest BCUT2D eigenvalue weighted by atomic mass is 10.0. The van der Waals surface area contributed by atoms with Gasteiger partial charge in [-0.3, -0.25) is 14.8 Å². The minimum atomic E-state index is -0.322. The van der Waals surface area contributed by atoms with Crippen LogP contribution in [0, 0.1) is 12.8 Å². The minimum Gasteiger partial charge on any atom is -0.368 e. The van der Waals surface area contributed by atoms with E-state index in [4.69, 9.17) is 5.73 Å². The largest absolute Gasteiger partial charge is 0.368 e. The Morgan fingerprint density at radius 2 is 2.17 bits per heavy atom. The quantitative estimate of drug-likeness (QED) is 0.836. The van der Waals surface area contributed by atoms with Gasteiger partial charge < -0.3 is 5.73 Å². The highest BCUT2D eigenvalue weighted by Gasteiger charge is 2.20. The lowest BCUT2D eigenvalue weighted by Crippen LogP contribution is -2.44. The number of aryl methyl sites for hydroxylation is 2. The fraction of sp³-hybridized carbons (Fsp3) is 0.667. The van der Waals surface area contributed by atoms with Crippen molar-refractivity contribution in [1.29, 1.82) is 0 Å². The van der Waals surface area contributed by atoms with Crippen LogP contribution in [0.1, 0.15) is 32.2 Å². The summed E-state index contributed by atoms with van der Waals surface area (Å²) in [4.78, 5) is 11.3. The van der Waals surface area contributed by atoms with Gasteiger partial charge in [-0.2, -0.15) is 5.10 Å². The molecule has 0 bridgehead atoms. The molecule has 1 amide bonds. The number of halogens is 1. The number of nitrogens with one attached hydrogen (secondary N) is 1. The molecule has 18 heavy (non-hydrogen) atoms. The number of rotatable bonds is 6. The van der Waals surface area contributed by atoms with Gasteiger partial charge >= 0.3 is 0 Å². The highest BCUT2D eigenvalue weighted by Crippen LogP contribution is 2.21. The summed E-state index contributed by atoms with van der Waals surface area (Å²) in [6.45, 7) is 9.30. The Morgan fingerprint density at radius 1 is 1.56 bits per heavy atom. The Bertz CT molecular complexity index is 428. The van der Waals surface area contributed by atoms with Gasteiger partial charge in [0.25, 0.3) is 0 Å². The van der Waals surface area contributed by atoms with Gasteiger partial charge in [-0.15, -0.1) is 0 Å². The molecule has 0 aliphatic heterocycles. The van der Waals surface area contributed by atoms with Crippen molar-refractivity contribution in [2.75, 3.05) is 0 Å². The molecule has 3 N–H and O–H groups in total. The monoisotopic (exact) mass is 316 g/mol. The molecule has 1 rings (SSSR count). The number of carbonyl (C=O) groups is 1. The van der Waals surface area contributed by atoms with Crippen molar-refractivity contribution in [1.82, 2.24) is 15.1 Å². The average molecular weight is 317 g/mol. The Balaban J connectivity index is 2.82. The first-order chi connectivity index (χ1) is 8.38. The Morgan fingerprint density at radius 3 is 2.61 bits per heavy atom. The van der Waals surface area contributed by atoms with E-state index in [0.29, 0.717) is 6.54 Å². The maximum absolute atomic E-state index is 11.3. The molecule has 0 aliphatic rings. The summed E-state index contributed by atoms with van der Waals surface area (Å²) in [5.41, 5.74) is 7.38. The minimum absolute atomic E-state index is 0.167. The van der Waals surface area contributed by atoms with E-state index in [2.05, 4.69) is 26.3 Å². The highest BCUT2D eigenvalue weighted by molar-refractivity contribution is 9.10. The van der Waals surface area contributed by atoms with Crippen molar-refractivity contribution in [3.8, 4) is 0 Å². The molecule has 5 nitrogen and oxygen atoms in total. The second-order valence-electron chi connectivity index (χ2n) is 4.67. The van der Waals surface area contributed by atoms with Crippen LogP contribution in [0.3, 0.4) is 0 Å². The van der Waals surface area contributed by atoms with Gasteiger partial charge in [0, 0.05) is 13.1 Å². The normalized spacial score (nSPS) is 13.0. The molecule has 1 heterocycles. The zero-order chi connectivity index (χ0) is 13.9. The maximum atomic E-state index is 11.3. The second-order valence-corrected chi connectivity index (χ2v) is 5.46. The molecule has 0 aromatic carbocycles. The molecule has 0 aliphatic carbocycles. The number of nitrogens with two attached hydrogens (primary N) is 1. The van der Waals surface area contributed by atoms with Crippen LogP contribution in [0.25, 0.3) is 0 Å². The van der Waals surface area contributed by atoms with Crippen LogP contribution in [0.4, 0.5) is 0 Å². The summed E-state index contributed by atoms with van der Waals surface area (Å²) < 4.78 is 2.91. The van der Waals surface area contributed by atoms with Crippen molar-refractivity contribution in [2.24, 2.45) is 11.7 Å². The number of aromatic nitrogens is 2. The van der Waals surface area contributed by atoms with Gasteiger partial charge in [0.1, 0.15) is 0 Å². The zero-order valence-electron chi connectivity index (χ0n) is 11.3. The Kier molecular flexibility index (Phi) is 5.34. The van der Waals surface area contributed by atoms with Crippen molar-refractivity contribution < 1.29 is 4.79 Å². The van der Waals surface area contributed by atoms with Crippen LogP contribution >= 0.6 is 15.9 Å². The highest BCUT2D eigenvalue weighted by atomic mass is 79.9. The third-order valence-corrected chi connectivity index (χ3v) is 3.95. The van der Waals surface area contributed by atoms with Gasteiger partial charge in [-0.1, -0.05) is 13.8 Å². The van der Waals surface area contributed by atoms with E-state index >= 15 is 0 Å². The van der Waals surface area contributed by atoms with E-state index in [1.54, 1.807) is 0 Å². The van der Waals surface area contributed by atoms with E-state index in [-0.39, 0.29) is 17.9 Å². The smallest absolute Gasteiger partial charge is 0.234 e. The van der Waals surface area contributed by atoms with Crippen LogP contribution in [-0.4, -0.2) is 21.7 Å². The molecular formula is C12H21BrN4O. The maximum Gasteiger partial charge on any atom is 0.234 e. The first kappa shape index (κ1) is 15.2. The number of nitrogens with zero attached hydrogens (tertiary/aromatic N) is 2. The summed E-state index contributed by atoms with van der Waals surface area (Å²) >= 11 is 3.53. The number of amides is 1. The molecule has 1 aromatic heterocycles. The van der Waals surface area contributed by atoms with Gasteiger partial charge in [-0.25, -0.2) is 0 Å². The lowest BCUT2D eigenvalue weighted by molar-refractivity contribution is -0.121. The molecule has 0 saturated carbocycles. The predicted octanol–water partition coefficient (Wildman–Crippen LogP) is 1.57. The summed E-state index contributed by atoms with van der Waals surface area (Å²) in [5.74, 6) is -0.152. The fourth-order valence-corrected chi connectivity index (χ4v) is 2.33. The summed E-state index contributed by atoms with van der Waals surface area (Å²) in [7, 11) is 0. The van der Waals surface area contributed by atoms with E-state index in [1.807, 2.05) is 32.4 Å².